The quantitative estimate of drug-likeness (QED) is 0.658. The van der Waals surface area contributed by atoms with Crippen LogP contribution in [0, 0.1) is 6.92 Å². The molecule has 2 aromatic rings. The molecule has 0 atom stereocenters. The van der Waals surface area contributed by atoms with Crippen LogP contribution in [0.1, 0.15) is 15.4 Å². The van der Waals surface area contributed by atoms with Crippen LogP contribution in [0.25, 0.3) is 0 Å². The standard InChI is InChI=1S/C13H18N4S2/c1-10-12(19-9-17-10)8-16-13(14-2)15-6-5-11-4-3-7-18-11/h3-4,7,9H,5-6,8H2,1-2H3,(H2,14,15,16). The molecule has 0 amide bonds. The third-order valence-electron chi connectivity index (χ3n) is 2.73. The maximum Gasteiger partial charge on any atom is 0.191 e. The van der Waals surface area contributed by atoms with Gasteiger partial charge in [0.2, 0.25) is 0 Å². The summed E-state index contributed by atoms with van der Waals surface area (Å²) in [7, 11) is 1.79. The first kappa shape index (κ1) is 14.0. The van der Waals surface area contributed by atoms with Gasteiger partial charge in [-0.25, -0.2) is 4.98 Å². The summed E-state index contributed by atoms with van der Waals surface area (Å²) in [6, 6.07) is 4.24. The second-order valence-electron chi connectivity index (χ2n) is 4.04. The van der Waals surface area contributed by atoms with Gasteiger partial charge in [0.25, 0.3) is 0 Å². The minimum atomic E-state index is 0.773. The zero-order chi connectivity index (χ0) is 13.5. The Hall–Kier alpha value is -1.40. The number of nitrogens with one attached hydrogen (secondary N) is 2. The van der Waals surface area contributed by atoms with Crippen molar-refractivity contribution >= 4 is 28.6 Å². The lowest BCUT2D eigenvalue weighted by Crippen LogP contribution is -2.37. The van der Waals surface area contributed by atoms with Crippen LogP contribution in [-0.2, 0) is 13.0 Å². The summed E-state index contributed by atoms with van der Waals surface area (Å²) in [5.41, 5.74) is 2.96. The van der Waals surface area contributed by atoms with Gasteiger partial charge < -0.3 is 10.6 Å². The van der Waals surface area contributed by atoms with Gasteiger partial charge in [-0.05, 0) is 24.8 Å². The predicted octanol–water partition coefficient (Wildman–Crippen LogP) is 2.42. The van der Waals surface area contributed by atoms with E-state index in [9.17, 15) is 0 Å². The highest BCUT2D eigenvalue weighted by atomic mass is 32.1. The van der Waals surface area contributed by atoms with E-state index in [4.69, 9.17) is 0 Å². The predicted molar refractivity (Wildman–Crippen MR) is 83.1 cm³/mol. The summed E-state index contributed by atoms with van der Waals surface area (Å²) in [5, 5.41) is 8.73. The number of hydrogen-bond donors (Lipinski definition) is 2. The largest absolute Gasteiger partial charge is 0.356 e. The number of thiazole rings is 1. The molecule has 0 saturated carbocycles. The monoisotopic (exact) mass is 294 g/mol. The van der Waals surface area contributed by atoms with Gasteiger partial charge >= 0.3 is 0 Å². The summed E-state index contributed by atoms with van der Waals surface area (Å²) in [5.74, 6) is 0.837. The fourth-order valence-electron chi connectivity index (χ4n) is 1.64. The number of aryl methyl sites for hydroxylation is 1. The molecule has 6 heteroatoms. The summed E-state index contributed by atoms with van der Waals surface area (Å²) in [6.07, 6.45) is 1.03. The van der Waals surface area contributed by atoms with Crippen molar-refractivity contribution in [3.63, 3.8) is 0 Å². The summed E-state index contributed by atoms with van der Waals surface area (Å²) in [6.45, 7) is 3.69. The molecular weight excluding hydrogens is 276 g/mol. The molecule has 2 heterocycles. The van der Waals surface area contributed by atoms with Crippen molar-refractivity contribution in [3.8, 4) is 0 Å². The molecule has 0 saturated heterocycles. The Balaban J connectivity index is 1.73. The molecule has 2 aromatic heterocycles. The number of aliphatic imine (C=N–C) groups is 1. The van der Waals surface area contributed by atoms with Crippen molar-refractivity contribution < 1.29 is 0 Å². The molecule has 2 N–H and O–H groups in total. The van der Waals surface area contributed by atoms with Gasteiger partial charge in [-0.3, -0.25) is 4.99 Å². The molecule has 0 aliphatic heterocycles. The molecule has 2 rings (SSSR count). The van der Waals surface area contributed by atoms with Gasteiger partial charge in [0.05, 0.1) is 17.7 Å². The lowest BCUT2D eigenvalue weighted by Gasteiger charge is -2.10. The van der Waals surface area contributed by atoms with Crippen molar-refractivity contribution in [2.45, 2.75) is 19.9 Å². The number of aromatic nitrogens is 1. The SMILES string of the molecule is CN=C(NCCc1cccs1)NCc1scnc1C. The molecule has 0 bridgehead atoms. The Morgan fingerprint density at radius 2 is 2.26 bits per heavy atom. The first-order valence-electron chi connectivity index (χ1n) is 6.15. The van der Waals surface area contributed by atoms with Crippen LogP contribution >= 0.6 is 22.7 Å². The number of thiophene rings is 1. The molecule has 4 nitrogen and oxygen atoms in total. The second kappa shape index (κ2) is 7.25. The molecule has 0 radical (unpaired) electrons. The minimum Gasteiger partial charge on any atom is -0.356 e. The van der Waals surface area contributed by atoms with Crippen LogP contribution in [0.15, 0.2) is 28.0 Å². The van der Waals surface area contributed by atoms with Crippen molar-refractivity contribution in [3.05, 3.63) is 38.5 Å². The van der Waals surface area contributed by atoms with Crippen LogP contribution in [0.5, 0.6) is 0 Å². The highest BCUT2D eigenvalue weighted by molar-refractivity contribution is 7.10. The van der Waals surface area contributed by atoms with E-state index in [1.54, 1.807) is 29.7 Å². The molecule has 19 heavy (non-hydrogen) atoms. The van der Waals surface area contributed by atoms with E-state index in [2.05, 4.69) is 38.1 Å². The molecule has 0 spiro atoms. The van der Waals surface area contributed by atoms with E-state index in [0.29, 0.717) is 0 Å². The third kappa shape index (κ3) is 4.33. The average molecular weight is 294 g/mol. The molecule has 0 aliphatic rings. The van der Waals surface area contributed by atoms with Crippen LogP contribution in [0.2, 0.25) is 0 Å². The second-order valence-corrected chi connectivity index (χ2v) is 6.01. The maximum absolute atomic E-state index is 4.24. The Labute approximate surface area is 121 Å². The van der Waals surface area contributed by atoms with Gasteiger partial charge in [-0.2, -0.15) is 0 Å². The molecular formula is C13H18N4S2. The van der Waals surface area contributed by atoms with Crippen molar-refractivity contribution in [1.29, 1.82) is 0 Å². The molecule has 102 valence electrons. The first-order chi connectivity index (χ1) is 9.29. The Bertz CT molecular complexity index is 516. The molecule has 0 fully saturated rings. The zero-order valence-electron chi connectivity index (χ0n) is 11.1. The Morgan fingerprint density at radius 3 is 2.89 bits per heavy atom. The number of guanidine groups is 1. The average Bonchev–Trinajstić information content (AvgIpc) is 3.05. The Morgan fingerprint density at radius 1 is 1.37 bits per heavy atom. The van der Waals surface area contributed by atoms with Crippen LogP contribution in [0.3, 0.4) is 0 Å². The summed E-state index contributed by atoms with van der Waals surface area (Å²) >= 11 is 3.46. The maximum atomic E-state index is 4.24. The van der Waals surface area contributed by atoms with Crippen LogP contribution in [0.4, 0.5) is 0 Å². The van der Waals surface area contributed by atoms with Crippen molar-refractivity contribution in [2.75, 3.05) is 13.6 Å². The fourth-order valence-corrected chi connectivity index (χ4v) is 3.07. The van der Waals surface area contributed by atoms with E-state index in [-0.39, 0.29) is 0 Å². The highest BCUT2D eigenvalue weighted by Gasteiger charge is 2.03. The minimum absolute atomic E-state index is 0.773. The first-order valence-corrected chi connectivity index (χ1v) is 7.91. The topological polar surface area (TPSA) is 49.3 Å². The highest BCUT2D eigenvalue weighted by Crippen LogP contribution is 2.11. The summed E-state index contributed by atoms with van der Waals surface area (Å²) < 4.78 is 0. The van der Waals surface area contributed by atoms with E-state index in [0.717, 1.165) is 31.2 Å². The Kier molecular flexibility index (Phi) is 5.35. The zero-order valence-corrected chi connectivity index (χ0v) is 12.8. The van der Waals surface area contributed by atoms with Crippen molar-refractivity contribution in [1.82, 2.24) is 15.6 Å². The lowest BCUT2D eigenvalue weighted by molar-refractivity contribution is 0.801. The van der Waals surface area contributed by atoms with E-state index in [1.165, 1.54) is 9.75 Å². The van der Waals surface area contributed by atoms with Gasteiger partial charge in [-0.15, -0.1) is 22.7 Å². The van der Waals surface area contributed by atoms with Gasteiger partial charge in [0.1, 0.15) is 0 Å². The molecule has 0 aliphatic carbocycles. The smallest absolute Gasteiger partial charge is 0.191 e. The van der Waals surface area contributed by atoms with Crippen LogP contribution < -0.4 is 10.6 Å². The fraction of sp³-hybridized carbons (Fsp3) is 0.385. The number of rotatable bonds is 5. The van der Waals surface area contributed by atoms with Gasteiger partial charge in [-0.1, -0.05) is 6.07 Å². The number of hydrogen-bond acceptors (Lipinski definition) is 4. The third-order valence-corrected chi connectivity index (χ3v) is 4.60. The van der Waals surface area contributed by atoms with Gasteiger partial charge in [0, 0.05) is 23.3 Å². The molecule has 0 unspecified atom stereocenters. The summed E-state index contributed by atoms with van der Waals surface area (Å²) in [4.78, 5) is 11.1. The van der Waals surface area contributed by atoms with E-state index in [1.807, 2.05) is 12.4 Å². The van der Waals surface area contributed by atoms with Gasteiger partial charge in [0.15, 0.2) is 5.96 Å². The lowest BCUT2D eigenvalue weighted by atomic mass is 10.3. The normalized spacial score (nSPS) is 11.6. The van der Waals surface area contributed by atoms with Crippen molar-refractivity contribution in [2.24, 2.45) is 4.99 Å². The molecule has 0 aromatic carbocycles. The van der Waals surface area contributed by atoms with Crippen LogP contribution in [-0.4, -0.2) is 24.5 Å². The van der Waals surface area contributed by atoms with E-state index >= 15 is 0 Å². The number of nitrogens with zero attached hydrogens (tertiary/aromatic N) is 2. The van der Waals surface area contributed by atoms with E-state index < -0.39 is 0 Å².